The Labute approximate surface area is 94.8 Å². The highest BCUT2D eigenvalue weighted by molar-refractivity contribution is 6.32. The summed E-state index contributed by atoms with van der Waals surface area (Å²) in [5.41, 5.74) is 5.79. The van der Waals surface area contributed by atoms with Crippen molar-refractivity contribution in [3.63, 3.8) is 0 Å². The van der Waals surface area contributed by atoms with Crippen LogP contribution in [-0.4, -0.2) is 12.1 Å². The van der Waals surface area contributed by atoms with E-state index in [0.29, 0.717) is 11.6 Å². The Morgan fingerprint density at radius 3 is 2.57 bits per heavy atom. The van der Waals surface area contributed by atoms with E-state index in [1.807, 2.05) is 24.3 Å². The Morgan fingerprint density at radius 2 is 2.00 bits per heavy atom. The maximum atomic E-state index is 5.91. The molecule has 1 saturated carbocycles. The third-order valence-electron chi connectivity index (χ3n) is 2.24. The summed E-state index contributed by atoms with van der Waals surface area (Å²) in [4.78, 5) is 0. The van der Waals surface area contributed by atoms with Gasteiger partial charge in [0.2, 0.25) is 0 Å². The average molecular weight is 234 g/mol. The zero-order valence-electron chi connectivity index (χ0n) is 7.70. The molecule has 0 unspecified atom stereocenters. The first-order valence-electron chi connectivity index (χ1n) is 4.36. The molecule has 78 valence electrons. The third-order valence-corrected chi connectivity index (χ3v) is 2.56. The van der Waals surface area contributed by atoms with Gasteiger partial charge in [-0.05, 0) is 25.0 Å². The first kappa shape index (κ1) is 11.6. The molecule has 0 amide bonds. The van der Waals surface area contributed by atoms with Crippen LogP contribution in [0.5, 0.6) is 5.75 Å². The molecule has 1 aliphatic carbocycles. The van der Waals surface area contributed by atoms with Gasteiger partial charge in [-0.25, -0.2) is 0 Å². The van der Waals surface area contributed by atoms with Gasteiger partial charge in [-0.15, -0.1) is 12.4 Å². The minimum Gasteiger partial charge on any atom is -0.490 e. The number of benzene rings is 1. The molecular weight excluding hydrogens is 221 g/mol. The zero-order valence-corrected chi connectivity index (χ0v) is 9.27. The number of rotatable bonds is 3. The number of halogens is 2. The maximum absolute atomic E-state index is 5.91. The number of hydrogen-bond acceptors (Lipinski definition) is 2. The molecule has 0 spiro atoms. The highest BCUT2D eigenvalue weighted by Crippen LogP contribution is 2.33. The lowest BCUT2D eigenvalue weighted by Crippen LogP contribution is -2.29. The molecule has 2 rings (SSSR count). The van der Waals surface area contributed by atoms with E-state index in [1.54, 1.807) is 0 Å². The summed E-state index contributed by atoms with van der Waals surface area (Å²) in [6.45, 7) is 0.566. The summed E-state index contributed by atoms with van der Waals surface area (Å²) in [6, 6.07) is 7.45. The number of nitrogens with two attached hydrogens (primary N) is 1. The quantitative estimate of drug-likeness (QED) is 0.872. The highest BCUT2D eigenvalue weighted by Gasteiger charge is 2.39. The molecule has 0 radical (unpaired) electrons. The van der Waals surface area contributed by atoms with Crippen molar-refractivity contribution in [2.75, 3.05) is 6.61 Å². The van der Waals surface area contributed by atoms with Crippen LogP contribution in [0, 0.1) is 0 Å². The van der Waals surface area contributed by atoms with Crippen molar-refractivity contribution in [3.8, 4) is 5.75 Å². The predicted molar refractivity (Wildman–Crippen MR) is 60.3 cm³/mol. The standard InChI is InChI=1S/C10H12ClNO.ClH/c11-8-3-1-2-4-9(8)13-7-10(12)5-6-10;/h1-4H,5-7,12H2;1H. The Morgan fingerprint density at radius 1 is 1.36 bits per heavy atom. The molecule has 0 bridgehead atoms. The van der Waals surface area contributed by atoms with Crippen LogP contribution in [0.4, 0.5) is 0 Å². The number of hydrogen-bond donors (Lipinski definition) is 1. The molecule has 1 aliphatic rings. The van der Waals surface area contributed by atoms with Crippen LogP contribution >= 0.6 is 24.0 Å². The average Bonchev–Trinajstić information content (AvgIpc) is 2.83. The van der Waals surface area contributed by atoms with Crippen molar-refractivity contribution in [2.45, 2.75) is 18.4 Å². The second kappa shape index (κ2) is 4.39. The second-order valence-electron chi connectivity index (χ2n) is 3.58. The van der Waals surface area contributed by atoms with Gasteiger partial charge in [0.05, 0.1) is 10.6 Å². The van der Waals surface area contributed by atoms with Crippen molar-refractivity contribution in [3.05, 3.63) is 29.3 Å². The van der Waals surface area contributed by atoms with E-state index in [9.17, 15) is 0 Å². The fourth-order valence-corrected chi connectivity index (χ4v) is 1.28. The molecule has 0 aliphatic heterocycles. The molecule has 0 aromatic heterocycles. The second-order valence-corrected chi connectivity index (χ2v) is 3.99. The number of ether oxygens (including phenoxy) is 1. The van der Waals surface area contributed by atoms with Gasteiger partial charge in [0.1, 0.15) is 12.4 Å². The SMILES string of the molecule is Cl.NC1(COc2ccccc2Cl)CC1. The summed E-state index contributed by atoms with van der Waals surface area (Å²) in [5.74, 6) is 0.723. The Bertz CT molecular complexity index is 313. The molecule has 1 aromatic carbocycles. The van der Waals surface area contributed by atoms with Crippen LogP contribution in [0.15, 0.2) is 24.3 Å². The fraction of sp³-hybridized carbons (Fsp3) is 0.400. The van der Waals surface area contributed by atoms with Crippen LogP contribution in [0.3, 0.4) is 0 Å². The van der Waals surface area contributed by atoms with Gasteiger partial charge >= 0.3 is 0 Å². The van der Waals surface area contributed by atoms with Gasteiger partial charge in [-0.3, -0.25) is 0 Å². The van der Waals surface area contributed by atoms with E-state index in [4.69, 9.17) is 22.1 Å². The minimum absolute atomic E-state index is 0. The summed E-state index contributed by atoms with van der Waals surface area (Å²) in [7, 11) is 0. The van der Waals surface area contributed by atoms with Gasteiger partial charge in [0.15, 0.2) is 0 Å². The molecule has 14 heavy (non-hydrogen) atoms. The molecule has 2 nitrogen and oxygen atoms in total. The smallest absolute Gasteiger partial charge is 0.137 e. The van der Waals surface area contributed by atoms with Gasteiger partial charge in [-0.2, -0.15) is 0 Å². The van der Waals surface area contributed by atoms with E-state index in [2.05, 4.69) is 0 Å². The first-order valence-corrected chi connectivity index (χ1v) is 4.74. The Kier molecular flexibility index (Phi) is 3.65. The molecule has 0 atom stereocenters. The van der Waals surface area contributed by atoms with Crippen molar-refractivity contribution in [2.24, 2.45) is 5.73 Å². The van der Waals surface area contributed by atoms with Crippen LogP contribution in [0.2, 0.25) is 5.02 Å². The largest absolute Gasteiger partial charge is 0.490 e. The lowest BCUT2D eigenvalue weighted by Gasteiger charge is -2.11. The molecule has 2 N–H and O–H groups in total. The van der Waals surface area contributed by atoms with Crippen LogP contribution in [0.1, 0.15) is 12.8 Å². The van der Waals surface area contributed by atoms with Crippen molar-refractivity contribution < 1.29 is 4.74 Å². The molecule has 0 saturated heterocycles. The summed E-state index contributed by atoms with van der Waals surface area (Å²) in [6.07, 6.45) is 2.11. The molecular formula is C10H13Cl2NO. The topological polar surface area (TPSA) is 35.2 Å². The predicted octanol–water partition coefficient (Wildman–Crippen LogP) is 2.63. The van der Waals surface area contributed by atoms with E-state index >= 15 is 0 Å². The molecule has 0 heterocycles. The summed E-state index contributed by atoms with van der Waals surface area (Å²) >= 11 is 5.91. The maximum Gasteiger partial charge on any atom is 0.137 e. The normalized spacial score (nSPS) is 17.0. The molecule has 1 aromatic rings. The van der Waals surface area contributed by atoms with Crippen LogP contribution in [-0.2, 0) is 0 Å². The van der Waals surface area contributed by atoms with Crippen molar-refractivity contribution >= 4 is 24.0 Å². The van der Waals surface area contributed by atoms with Crippen LogP contribution in [0.25, 0.3) is 0 Å². The van der Waals surface area contributed by atoms with Crippen molar-refractivity contribution in [1.82, 2.24) is 0 Å². The summed E-state index contributed by atoms with van der Waals surface area (Å²) < 4.78 is 5.51. The van der Waals surface area contributed by atoms with E-state index < -0.39 is 0 Å². The van der Waals surface area contributed by atoms with Gasteiger partial charge in [0, 0.05) is 0 Å². The highest BCUT2D eigenvalue weighted by atomic mass is 35.5. The summed E-state index contributed by atoms with van der Waals surface area (Å²) in [5, 5.41) is 0.645. The van der Waals surface area contributed by atoms with Crippen LogP contribution < -0.4 is 10.5 Å². The van der Waals surface area contributed by atoms with E-state index in [1.165, 1.54) is 0 Å². The number of para-hydroxylation sites is 1. The fourth-order valence-electron chi connectivity index (χ4n) is 1.09. The monoisotopic (exact) mass is 233 g/mol. The molecule has 4 heteroatoms. The lowest BCUT2D eigenvalue weighted by molar-refractivity contribution is 0.279. The first-order chi connectivity index (χ1) is 6.20. The van der Waals surface area contributed by atoms with Gasteiger partial charge in [0.25, 0.3) is 0 Å². The molecule has 1 fully saturated rings. The Balaban J connectivity index is 0.000000980. The van der Waals surface area contributed by atoms with E-state index in [-0.39, 0.29) is 17.9 Å². The zero-order chi connectivity index (χ0) is 9.31. The lowest BCUT2D eigenvalue weighted by atomic mass is 10.3. The van der Waals surface area contributed by atoms with Gasteiger partial charge < -0.3 is 10.5 Å². The van der Waals surface area contributed by atoms with Gasteiger partial charge in [-0.1, -0.05) is 23.7 Å². The Hall–Kier alpha value is -0.440. The third kappa shape index (κ3) is 2.77. The minimum atomic E-state index is -0.0842. The van der Waals surface area contributed by atoms with Crippen molar-refractivity contribution in [1.29, 1.82) is 0 Å². The van der Waals surface area contributed by atoms with E-state index in [0.717, 1.165) is 18.6 Å².